The van der Waals surface area contributed by atoms with Gasteiger partial charge < -0.3 is 10.5 Å². The number of nitrogens with zero attached hydrogens (tertiary/aromatic N) is 1. The first kappa shape index (κ1) is 16.8. The Balaban J connectivity index is 1.52. The lowest BCUT2D eigenvalue weighted by molar-refractivity contribution is 0.1000. The average molecular weight is 357 g/mol. The second-order valence-corrected chi connectivity index (χ2v) is 6.35. The molecule has 0 spiro atoms. The number of carbonyl (C=O) groups is 1. The first-order valence-corrected chi connectivity index (χ1v) is 8.78. The summed E-state index contributed by atoms with van der Waals surface area (Å²) in [5, 5.41) is 7.49. The molecular weight excluding hydrogens is 338 g/mol. The topological polar surface area (TPSA) is 81.0 Å². The summed E-state index contributed by atoms with van der Waals surface area (Å²) < 4.78 is 5.93. The van der Waals surface area contributed by atoms with Crippen LogP contribution in [0.1, 0.15) is 39.3 Å². The molecule has 0 bridgehead atoms. The SMILES string of the molecule is NC(=O)c1cccc(OC2=Cc3[nH]nc(C=Cc4ccccc4)c3CC2)c1. The largest absolute Gasteiger partial charge is 0.462 e. The summed E-state index contributed by atoms with van der Waals surface area (Å²) in [6, 6.07) is 17.0. The predicted octanol–water partition coefficient (Wildman–Crippen LogP) is 4.05. The minimum atomic E-state index is -0.469. The number of aromatic amines is 1. The summed E-state index contributed by atoms with van der Waals surface area (Å²) in [6.07, 6.45) is 7.64. The number of hydrogen-bond donors (Lipinski definition) is 2. The van der Waals surface area contributed by atoms with Gasteiger partial charge >= 0.3 is 0 Å². The Kier molecular flexibility index (Phi) is 4.58. The Morgan fingerprint density at radius 3 is 2.74 bits per heavy atom. The minimum Gasteiger partial charge on any atom is -0.462 e. The van der Waals surface area contributed by atoms with E-state index in [1.165, 1.54) is 5.56 Å². The fraction of sp³-hybridized carbons (Fsp3) is 0.0909. The van der Waals surface area contributed by atoms with E-state index in [0.29, 0.717) is 11.3 Å². The fourth-order valence-corrected chi connectivity index (χ4v) is 3.08. The minimum absolute atomic E-state index is 0.430. The third-order valence-electron chi connectivity index (χ3n) is 4.46. The van der Waals surface area contributed by atoms with Gasteiger partial charge in [0, 0.05) is 23.6 Å². The van der Waals surface area contributed by atoms with Gasteiger partial charge in [0.2, 0.25) is 5.91 Å². The van der Waals surface area contributed by atoms with Gasteiger partial charge in [-0.1, -0.05) is 42.5 Å². The number of carbonyl (C=O) groups excluding carboxylic acids is 1. The molecule has 1 amide bonds. The predicted molar refractivity (Wildman–Crippen MR) is 106 cm³/mol. The molecule has 1 aliphatic rings. The molecular formula is C22H19N3O2. The van der Waals surface area contributed by atoms with E-state index in [0.717, 1.165) is 35.6 Å². The van der Waals surface area contributed by atoms with Crippen LogP contribution in [0.3, 0.4) is 0 Å². The summed E-state index contributed by atoms with van der Waals surface area (Å²) in [6.45, 7) is 0. The molecule has 1 aromatic heterocycles. The van der Waals surface area contributed by atoms with Gasteiger partial charge in [0.05, 0.1) is 11.4 Å². The maximum atomic E-state index is 11.3. The molecule has 0 fully saturated rings. The van der Waals surface area contributed by atoms with Crippen LogP contribution >= 0.6 is 0 Å². The molecule has 3 N–H and O–H groups in total. The molecule has 134 valence electrons. The van der Waals surface area contributed by atoms with Gasteiger partial charge in [0.25, 0.3) is 0 Å². The lowest BCUT2D eigenvalue weighted by Gasteiger charge is -2.15. The second-order valence-electron chi connectivity index (χ2n) is 6.35. The number of allylic oxidation sites excluding steroid dienone is 1. The van der Waals surface area contributed by atoms with Gasteiger partial charge in [-0.25, -0.2) is 0 Å². The number of nitrogens with one attached hydrogen (secondary N) is 1. The highest BCUT2D eigenvalue weighted by molar-refractivity contribution is 5.93. The van der Waals surface area contributed by atoms with Crippen molar-refractivity contribution in [2.75, 3.05) is 0 Å². The standard InChI is InChI=1S/C22H19N3O2/c23-22(26)16-7-4-8-17(13-16)27-18-10-11-19-20(24-25-21(19)14-18)12-9-15-5-2-1-3-6-15/h1-9,12-14H,10-11H2,(H2,23,26)(H,24,25). The highest BCUT2D eigenvalue weighted by atomic mass is 16.5. The van der Waals surface area contributed by atoms with Gasteiger partial charge in [0.15, 0.2) is 0 Å². The molecule has 0 saturated carbocycles. The van der Waals surface area contributed by atoms with Crippen LogP contribution in [0.4, 0.5) is 0 Å². The van der Waals surface area contributed by atoms with Crippen LogP contribution in [0.2, 0.25) is 0 Å². The van der Waals surface area contributed by atoms with Gasteiger partial charge in [-0.15, -0.1) is 0 Å². The van der Waals surface area contributed by atoms with E-state index in [1.54, 1.807) is 18.2 Å². The summed E-state index contributed by atoms with van der Waals surface area (Å²) in [4.78, 5) is 11.3. The van der Waals surface area contributed by atoms with Crippen molar-refractivity contribution in [1.29, 1.82) is 0 Å². The number of rotatable bonds is 5. The van der Waals surface area contributed by atoms with E-state index >= 15 is 0 Å². The second kappa shape index (κ2) is 7.33. The van der Waals surface area contributed by atoms with E-state index in [2.05, 4.69) is 28.4 Å². The molecule has 1 heterocycles. The van der Waals surface area contributed by atoms with Gasteiger partial charge in [-0.3, -0.25) is 9.89 Å². The number of primary amides is 1. The third-order valence-corrected chi connectivity index (χ3v) is 4.46. The summed E-state index contributed by atoms with van der Waals surface area (Å²) in [5.74, 6) is 0.958. The molecule has 0 aliphatic heterocycles. The van der Waals surface area contributed by atoms with Crippen molar-refractivity contribution in [3.8, 4) is 5.75 Å². The quantitative estimate of drug-likeness (QED) is 0.723. The van der Waals surface area contributed by atoms with Crippen molar-refractivity contribution in [3.05, 3.63) is 88.4 Å². The average Bonchev–Trinajstić information content (AvgIpc) is 3.09. The normalized spacial score (nSPS) is 13.3. The zero-order valence-electron chi connectivity index (χ0n) is 14.7. The molecule has 5 heteroatoms. The van der Waals surface area contributed by atoms with Gasteiger partial charge in [-0.05, 0) is 36.3 Å². The van der Waals surface area contributed by atoms with Crippen molar-refractivity contribution < 1.29 is 9.53 Å². The van der Waals surface area contributed by atoms with Crippen LogP contribution in [0.15, 0.2) is 60.4 Å². The van der Waals surface area contributed by atoms with Crippen molar-refractivity contribution >= 4 is 24.1 Å². The zero-order chi connectivity index (χ0) is 18.6. The Bertz CT molecular complexity index is 1030. The van der Waals surface area contributed by atoms with E-state index < -0.39 is 5.91 Å². The van der Waals surface area contributed by atoms with Crippen LogP contribution in [0, 0.1) is 0 Å². The zero-order valence-corrected chi connectivity index (χ0v) is 14.7. The maximum absolute atomic E-state index is 11.3. The van der Waals surface area contributed by atoms with Crippen molar-refractivity contribution in [2.45, 2.75) is 12.8 Å². The van der Waals surface area contributed by atoms with Crippen molar-refractivity contribution in [2.24, 2.45) is 5.73 Å². The van der Waals surface area contributed by atoms with Crippen molar-refractivity contribution in [3.63, 3.8) is 0 Å². The lowest BCUT2D eigenvalue weighted by atomic mass is 9.99. The number of ether oxygens (including phenoxy) is 1. The van der Waals surface area contributed by atoms with Crippen LogP contribution in [-0.2, 0) is 6.42 Å². The summed E-state index contributed by atoms with van der Waals surface area (Å²) in [5.41, 5.74) is 9.97. The Morgan fingerprint density at radius 2 is 1.93 bits per heavy atom. The van der Waals surface area contributed by atoms with Gasteiger partial charge in [-0.2, -0.15) is 5.10 Å². The molecule has 3 aromatic rings. The van der Waals surface area contributed by atoms with Crippen LogP contribution in [-0.4, -0.2) is 16.1 Å². The molecule has 27 heavy (non-hydrogen) atoms. The highest BCUT2D eigenvalue weighted by Crippen LogP contribution is 2.28. The number of hydrogen-bond acceptors (Lipinski definition) is 3. The number of H-pyrrole nitrogens is 1. The molecule has 2 aromatic carbocycles. The molecule has 1 aliphatic carbocycles. The van der Waals surface area contributed by atoms with E-state index in [1.807, 2.05) is 36.4 Å². The van der Waals surface area contributed by atoms with Crippen LogP contribution in [0.25, 0.3) is 18.2 Å². The fourth-order valence-electron chi connectivity index (χ4n) is 3.08. The lowest BCUT2D eigenvalue weighted by Crippen LogP contribution is -2.11. The molecule has 0 saturated heterocycles. The Morgan fingerprint density at radius 1 is 1.07 bits per heavy atom. The summed E-state index contributed by atoms with van der Waals surface area (Å²) in [7, 11) is 0. The number of nitrogens with two attached hydrogens (primary N) is 1. The number of aromatic nitrogens is 2. The third kappa shape index (κ3) is 3.82. The van der Waals surface area contributed by atoms with E-state index in [-0.39, 0.29) is 0 Å². The van der Waals surface area contributed by atoms with Gasteiger partial charge in [0.1, 0.15) is 11.5 Å². The smallest absolute Gasteiger partial charge is 0.248 e. The number of fused-ring (bicyclic) bond motifs is 1. The highest BCUT2D eigenvalue weighted by Gasteiger charge is 2.17. The molecule has 0 atom stereocenters. The summed E-state index contributed by atoms with van der Waals surface area (Å²) >= 11 is 0. The number of benzene rings is 2. The first-order valence-electron chi connectivity index (χ1n) is 8.78. The number of amides is 1. The Labute approximate surface area is 157 Å². The van der Waals surface area contributed by atoms with Crippen LogP contribution in [0.5, 0.6) is 5.75 Å². The Hall–Kier alpha value is -3.60. The van der Waals surface area contributed by atoms with E-state index in [9.17, 15) is 4.79 Å². The molecule has 0 unspecified atom stereocenters. The molecule has 5 nitrogen and oxygen atoms in total. The van der Waals surface area contributed by atoms with Crippen molar-refractivity contribution in [1.82, 2.24) is 10.2 Å². The first-order chi connectivity index (χ1) is 13.2. The van der Waals surface area contributed by atoms with E-state index in [4.69, 9.17) is 10.5 Å². The molecule has 4 rings (SSSR count). The molecule has 0 radical (unpaired) electrons. The maximum Gasteiger partial charge on any atom is 0.248 e. The monoisotopic (exact) mass is 357 g/mol. The van der Waals surface area contributed by atoms with Crippen LogP contribution < -0.4 is 10.5 Å².